The second-order valence-corrected chi connectivity index (χ2v) is 2.38. The van der Waals surface area contributed by atoms with E-state index in [0.717, 1.165) is 30.5 Å². The summed E-state index contributed by atoms with van der Waals surface area (Å²) in [5.41, 5.74) is 7.07. The Morgan fingerprint density at radius 3 is 2.44 bits per heavy atom. The summed E-state index contributed by atoms with van der Waals surface area (Å²) in [5, 5.41) is 7.40. The highest BCUT2D eigenvalue weighted by atomic mass is 14.5. The predicted molar refractivity (Wildman–Crippen MR) is 38.5 cm³/mol. The summed E-state index contributed by atoms with van der Waals surface area (Å²) in [6.45, 7) is 0. The zero-order valence-electron chi connectivity index (χ0n) is 5.48. The Morgan fingerprint density at radius 2 is 2.00 bits per heavy atom. The van der Waals surface area contributed by atoms with E-state index >= 15 is 0 Å². The van der Waals surface area contributed by atoms with Crippen molar-refractivity contribution >= 4 is 5.71 Å². The van der Waals surface area contributed by atoms with Crippen LogP contribution in [-0.2, 0) is 0 Å². The van der Waals surface area contributed by atoms with E-state index in [1.165, 1.54) is 6.42 Å². The van der Waals surface area contributed by atoms with Gasteiger partial charge in [-0.3, -0.25) is 0 Å². The van der Waals surface area contributed by atoms with Crippen molar-refractivity contribution in [3.63, 3.8) is 0 Å². The van der Waals surface area contributed by atoms with Gasteiger partial charge in [0.05, 0.1) is 0 Å². The largest absolute Gasteiger partial charge is 0.404 e. The fourth-order valence-corrected chi connectivity index (χ4v) is 1.11. The van der Waals surface area contributed by atoms with Crippen LogP contribution in [0.15, 0.2) is 11.8 Å². The molecule has 0 heterocycles. The molecule has 0 unspecified atom stereocenters. The minimum atomic E-state index is 0.740. The molecular weight excluding hydrogens is 112 g/mol. The zero-order chi connectivity index (χ0) is 6.69. The Bertz CT molecular complexity index is 147. The van der Waals surface area contributed by atoms with Crippen LogP contribution >= 0.6 is 0 Å². The lowest BCUT2D eigenvalue weighted by molar-refractivity contribution is 0.729. The molecule has 0 aromatic heterocycles. The maximum Gasteiger partial charge on any atom is 0.0360 e. The third kappa shape index (κ3) is 1.31. The lowest BCUT2D eigenvalue weighted by Crippen LogP contribution is -2.08. The van der Waals surface area contributed by atoms with E-state index in [9.17, 15) is 0 Å². The molecule has 3 N–H and O–H groups in total. The number of hydrogen-bond donors (Lipinski definition) is 2. The van der Waals surface area contributed by atoms with E-state index in [1.54, 1.807) is 6.20 Å². The Labute approximate surface area is 55.3 Å². The van der Waals surface area contributed by atoms with Crippen molar-refractivity contribution in [2.45, 2.75) is 25.7 Å². The van der Waals surface area contributed by atoms with Gasteiger partial charge >= 0.3 is 0 Å². The first-order valence-electron chi connectivity index (χ1n) is 3.33. The molecule has 1 aliphatic rings. The van der Waals surface area contributed by atoms with E-state index in [-0.39, 0.29) is 0 Å². The normalized spacial score (nSPS) is 24.9. The molecule has 50 valence electrons. The molecule has 0 bridgehead atoms. The van der Waals surface area contributed by atoms with Gasteiger partial charge in [0, 0.05) is 5.71 Å². The van der Waals surface area contributed by atoms with Crippen molar-refractivity contribution in [2.24, 2.45) is 5.73 Å². The van der Waals surface area contributed by atoms with Gasteiger partial charge in [0.25, 0.3) is 0 Å². The first-order chi connectivity index (χ1) is 4.34. The molecule has 9 heavy (non-hydrogen) atoms. The van der Waals surface area contributed by atoms with Gasteiger partial charge in [0.15, 0.2) is 0 Å². The number of hydrogen-bond acceptors (Lipinski definition) is 2. The van der Waals surface area contributed by atoms with Crippen LogP contribution < -0.4 is 5.73 Å². The topological polar surface area (TPSA) is 49.9 Å². The Kier molecular flexibility index (Phi) is 1.88. The molecule has 0 atom stereocenters. The predicted octanol–water partition coefficient (Wildman–Crippen LogP) is 1.42. The van der Waals surface area contributed by atoms with Crippen LogP contribution in [0.4, 0.5) is 0 Å². The third-order valence-electron chi connectivity index (χ3n) is 1.71. The highest BCUT2D eigenvalue weighted by Gasteiger charge is 2.09. The van der Waals surface area contributed by atoms with Crippen molar-refractivity contribution in [3.05, 3.63) is 11.8 Å². The van der Waals surface area contributed by atoms with Gasteiger partial charge in [-0.15, -0.1) is 0 Å². The van der Waals surface area contributed by atoms with Crippen LogP contribution in [0.1, 0.15) is 25.7 Å². The van der Waals surface area contributed by atoms with Gasteiger partial charge in [-0.1, -0.05) is 0 Å². The van der Waals surface area contributed by atoms with E-state index in [4.69, 9.17) is 11.1 Å². The van der Waals surface area contributed by atoms with Crippen LogP contribution in [0.5, 0.6) is 0 Å². The summed E-state index contributed by atoms with van der Waals surface area (Å²) in [4.78, 5) is 0. The molecule has 0 spiro atoms. The number of allylic oxidation sites excluding steroid dienone is 1. The Hall–Kier alpha value is -0.790. The zero-order valence-corrected chi connectivity index (χ0v) is 5.48. The van der Waals surface area contributed by atoms with E-state index in [2.05, 4.69) is 0 Å². The minimum Gasteiger partial charge on any atom is -0.404 e. The average molecular weight is 124 g/mol. The number of rotatable bonds is 0. The molecule has 0 aliphatic heterocycles. The van der Waals surface area contributed by atoms with Gasteiger partial charge in [-0.25, -0.2) is 0 Å². The van der Waals surface area contributed by atoms with Crippen molar-refractivity contribution < 1.29 is 0 Å². The van der Waals surface area contributed by atoms with Gasteiger partial charge in [-0.05, 0) is 37.5 Å². The summed E-state index contributed by atoms with van der Waals surface area (Å²) in [6.07, 6.45) is 5.86. The monoisotopic (exact) mass is 124 g/mol. The molecule has 0 aromatic carbocycles. The molecule has 1 fully saturated rings. The lowest BCUT2D eigenvalue weighted by Gasteiger charge is -2.13. The Morgan fingerprint density at radius 1 is 1.33 bits per heavy atom. The van der Waals surface area contributed by atoms with Crippen molar-refractivity contribution in [1.29, 1.82) is 5.41 Å². The summed E-state index contributed by atoms with van der Waals surface area (Å²) in [7, 11) is 0. The van der Waals surface area contributed by atoms with Gasteiger partial charge < -0.3 is 11.1 Å². The molecular formula is C7H12N2. The lowest BCUT2D eigenvalue weighted by atomic mass is 9.94. The van der Waals surface area contributed by atoms with E-state index in [0.29, 0.717) is 0 Å². The molecule has 2 nitrogen and oxygen atoms in total. The summed E-state index contributed by atoms with van der Waals surface area (Å²) >= 11 is 0. The van der Waals surface area contributed by atoms with Gasteiger partial charge in [0.2, 0.25) is 0 Å². The highest BCUT2D eigenvalue weighted by Crippen LogP contribution is 2.18. The molecule has 1 rings (SSSR count). The standard InChI is InChI=1S/C7H12N2/c8-5-6-3-1-2-4-7(6)9/h5,9H,1-4,8H2. The van der Waals surface area contributed by atoms with Crippen LogP contribution in [0, 0.1) is 5.41 Å². The smallest absolute Gasteiger partial charge is 0.0360 e. The summed E-state index contributed by atoms with van der Waals surface area (Å²) in [6, 6.07) is 0. The fourth-order valence-electron chi connectivity index (χ4n) is 1.11. The first kappa shape index (κ1) is 6.33. The number of nitrogens with two attached hydrogens (primary N) is 1. The van der Waals surface area contributed by atoms with Crippen molar-refractivity contribution in [2.75, 3.05) is 0 Å². The highest BCUT2D eigenvalue weighted by molar-refractivity contribution is 5.98. The molecule has 2 heteroatoms. The molecule has 0 radical (unpaired) electrons. The average Bonchev–Trinajstić information content (AvgIpc) is 1.89. The van der Waals surface area contributed by atoms with E-state index < -0.39 is 0 Å². The second kappa shape index (κ2) is 2.67. The number of nitrogens with one attached hydrogen (secondary N) is 1. The van der Waals surface area contributed by atoms with Gasteiger partial charge in [0.1, 0.15) is 0 Å². The van der Waals surface area contributed by atoms with Crippen LogP contribution in [0.2, 0.25) is 0 Å². The maximum absolute atomic E-state index is 7.40. The third-order valence-corrected chi connectivity index (χ3v) is 1.71. The summed E-state index contributed by atoms with van der Waals surface area (Å²) in [5.74, 6) is 0. The Balaban J connectivity index is 2.60. The first-order valence-corrected chi connectivity index (χ1v) is 3.33. The van der Waals surface area contributed by atoms with Gasteiger partial charge in [-0.2, -0.15) is 0 Å². The molecule has 1 aliphatic carbocycles. The summed E-state index contributed by atoms with van der Waals surface area (Å²) < 4.78 is 0. The van der Waals surface area contributed by atoms with E-state index in [1.807, 2.05) is 0 Å². The van der Waals surface area contributed by atoms with Crippen LogP contribution in [0.25, 0.3) is 0 Å². The molecule has 0 aromatic rings. The quantitative estimate of drug-likeness (QED) is 0.504. The van der Waals surface area contributed by atoms with Crippen LogP contribution in [-0.4, -0.2) is 5.71 Å². The molecule has 0 amide bonds. The van der Waals surface area contributed by atoms with Crippen molar-refractivity contribution in [1.82, 2.24) is 0 Å². The maximum atomic E-state index is 7.40. The molecule has 0 saturated heterocycles. The minimum absolute atomic E-state index is 0.740. The second-order valence-electron chi connectivity index (χ2n) is 2.38. The SMILES string of the molecule is N=C1CCCCC1=CN. The molecule has 1 saturated carbocycles. The van der Waals surface area contributed by atoms with Crippen LogP contribution in [0.3, 0.4) is 0 Å². The fraction of sp³-hybridized carbons (Fsp3) is 0.571. The van der Waals surface area contributed by atoms with Crippen molar-refractivity contribution in [3.8, 4) is 0 Å².